The van der Waals surface area contributed by atoms with E-state index in [2.05, 4.69) is 30.9 Å². The third kappa shape index (κ3) is 4.22. The molecule has 2 aromatic carbocycles. The van der Waals surface area contributed by atoms with Crippen LogP contribution in [-0.4, -0.2) is 26.9 Å². The standard InChI is InChI=1S/C21H17FN6O3/c22-15-10-23-20(26-13-3-1-11(2-4-13)19(29)25-12-5-6-12)28-18(15)24-14-7-8-17-16(9-14)27-21(30)31-17/h1-4,7-10,12H,5-6H2,(H,25,29)(H,27,30)(H2,23,24,26,28). The van der Waals surface area contributed by atoms with Crippen LogP contribution in [0.5, 0.6) is 0 Å². The van der Waals surface area contributed by atoms with Crippen LogP contribution >= 0.6 is 0 Å². The molecule has 5 rings (SSSR count). The number of hydrogen-bond donors (Lipinski definition) is 4. The first-order chi connectivity index (χ1) is 15.0. The van der Waals surface area contributed by atoms with Gasteiger partial charge in [-0.15, -0.1) is 0 Å². The first kappa shape index (κ1) is 18.8. The number of aromatic nitrogens is 3. The molecule has 0 radical (unpaired) electrons. The Morgan fingerprint density at radius 1 is 1.10 bits per heavy atom. The first-order valence-corrected chi connectivity index (χ1v) is 9.64. The van der Waals surface area contributed by atoms with Crippen LogP contribution in [0.4, 0.5) is 27.5 Å². The Morgan fingerprint density at radius 2 is 1.87 bits per heavy atom. The number of anilines is 4. The van der Waals surface area contributed by atoms with Crippen LogP contribution in [0.3, 0.4) is 0 Å². The molecule has 156 valence electrons. The van der Waals surface area contributed by atoms with Gasteiger partial charge in [-0.1, -0.05) is 0 Å². The highest BCUT2D eigenvalue weighted by Crippen LogP contribution is 2.23. The number of carbonyl (C=O) groups excluding carboxylic acids is 1. The molecule has 0 unspecified atom stereocenters. The molecule has 0 spiro atoms. The SMILES string of the molecule is O=C(NC1CC1)c1ccc(Nc2ncc(F)c(Nc3ccc4oc(=O)[nH]c4c3)n2)cc1. The number of carbonyl (C=O) groups is 1. The van der Waals surface area contributed by atoms with Crippen molar-refractivity contribution in [3.8, 4) is 0 Å². The number of fused-ring (bicyclic) bond motifs is 1. The quantitative estimate of drug-likeness (QED) is 0.377. The molecule has 2 heterocycles. The Hall–Kier alpha value is -4.21. The number of H-pyrrole nitrogens is 1. The lowest BCUT2D eigenvalue weighted by Crippen LogP contribution is -2.25. The van der Waals surface area contributed by atoms with E-state index in [0.29, 0.717) is 34.1 Å². The van der Waals surface area contributed by atoms with Crippen LogP contribution in [0.1, 0.15) is 23.2 Å². The van der Waals surface area contributed by atoms with Crippen molar-refractivity contribution in [1.82, 2.24) is 20.3 Å². The van der Waals surface area contributed by atoms with Gasteiger partial charge >= 0.3 is 5.76 Å². The minimum Gasteiger partial charge on any atom is -0.408 e. The first-order valence-electron chi connectivity index (χ1n) is 9.64. The summed E-state index contributed by atoms with van der Waals surface area (Å²) < 4.78 is 19.2. The van der Waals surface area contributed by atoms with Crippen LogP contribution in [0.25, 0.3) is 11.1 Å². The highest BCUT2D eigenvalue weighted by Gasteiger charge is 2.23. The van der Waals surface area contributed by atoms with Gasteiger partial charge in [-0.2, -0.15) is 4.98 Å². The molecule has 1 saturated carbocycles. The van der Waals surface area contributed by atoms with Crippen molar-refractivity contribution in [1.29, 1.82) is 0 Å². The topological polar surface area (TPSA) is 125 Å². The zero-order chi connectivity index (χ0) is 21.4. The minimum absolute atomic E-state index is 0.0388. The highest BCUT2D eigenvalue weighted by molar-refractivity contribution is 5.95. The second-order valence-electron chi connectivity index (χ2n) is 7.19. The molecule has 0 aliphatic heterocycles. The van der Waals surface area contributed by atoms with E-state index in [1.165, 1.54) is 0 Å². The molecule has 4 aromatic rings. The number of benzene rings is 2. The summed E-state index contributed by atoms with van der Waals surface area (Å²) in [6.07, 6.45) is 3.10. The summed E-state index contributed by atoms with van der Waals surface area (Å²) in [5, 5.41) is 8.78. The molecule has 1 aliphatic carbocycles. The number of hydrogen-bond acceptors (Lipinski definition) is 7. The molecule has 1 aliphatic rings. The van der Waals surface area contributed by atoms with E-state index in [1.807, 2.05) is 0 Å². The molecule has 1 amide bonds. The normalized spacial score (nSPS) is 13.2. The van der Waals surface area contributed by atoms with Crippen molar-refractivity contribution in [2.45, 2.75) is 18.9 Å². The van der Waals surface area contributed by atoms with Gasteiger partial charge in [-0.25, -0.2) is 14.2 Å². The number of oxazole rings is 1. The van der Waals surface area contributed by atoms with Gasteiger partial charge in [-0.3, -0.25) is 9.78 Å². The lowest BCUT2D eigenvalue weighted by Gasteiger charge is -2.10. The summed E-state index contributed by atoms with van der Waals surface area (Å²) in [5.74, 6) is -1.17. The van der Waals surface area contributed by atoms with Crippen molar-refractivity contribution >= 4 is 40.1 Å². The molecule has 2 aromatic heterocycles. The zero-order valence-electron chi connectivity index (χ0n) is 16.1. The van der Waals surface area contributed by atoms with E-state index in [9.17, 15) is 14.0 Å². The fourth-order valence-electron chi connectivity index (χ4n) is 3.01. The Labute approximate surface area is 174 Å². The van der Waals surface area contributed by atoms with Crippen molar-refractivity contribution < 1.29 is 13.6 Å². The molecule has 0 saturated heterocycles. The maximum atomic E-state index is 14.2. The number of nitrogens with zero attached hydrogens (tertiary/aromatic N) is 2. The summed E-state index contributed by atoms with van der Waals surface area (Å²) >= 11 is 0. The predicted molar refractivity (Wildman–Crippen MR) is 112 cm³/mol. The number of aromatic amines is 1. The van der Waals surface area contributed by atoms with Gasteiger partial charge < -0.3 is 20.4 Å². The average molecular weight is 420 g/mol. The fourth-order valence-corrected chi connectivity index (χ4v) is 3.01. The lowest BCUT2D eigenvalue weighted by atomic mass is 10.2. The third-order valence-corrected chi connectivity index (χ3v) is 4.74. The number of rotatable bonds is 6. The molecule has 9 nitrogen and oxygen atoms in total. The maximum Gasteiger partial charge on any atom is 0.417 e. The van der Waals surface area contributed by atoms with E-state index in [0.717, 1.165) is 19.0 Å². The Morgan fingerprint density at radius 3 is 2.65 bits per heavy atom. The summed E-state index contributed by atoms with van der Waals surface area (Å²) in [7, 11) is 0. The second kappa shape index (κ2) is 7.56. The fraction of sp³-hybridized carbons (Fsp3) is 0.143. The van der Waals surface area contributed by atoms with Crippen LogP contribution in [-0.2, 0) is 0 Å². The summed E-state index contributed by atoms with van der Waals surface area (Å²) in [6.45, 7) is 0. The van der Waals surface area contributed by atoms with E-state index in [1.54, 1.807) is 42.5 Å². The molecule has 0 atom stereocenters. The van der Waals surface area contributed by atoms with Gasteiger partial charge in [0.25, 0.3) is 5.91 Å². The summed E-state index contributed by atoms with van der Waals surface area (Å²) in [6, 6.07) is 12.0. The Bertz CT molecular complexity index is 1330. The molecule has 10 heteroatoms. The van der Waals surface area contributed by atoms with Crippen molar-refractivity contribution in [2.24, 2.45) is 0 Å². The lowest BCUT2D eigenvalue weighted by molar-refractivity contribution is 0.0951. The van der Waals surface area contributed by atoms with Crippen molar-refractivity contribution in [2.75, 3.05) is 10.6 Å². The van der Waals surface area contributed by atoms with E-state index in [4.69, 9.17) is 4.42 Å². The largest absolute Gasteiger partial charge is 0.417 e. The van der Waals surface area contributed by atoms with Gasteiger partial charge in [0, 0.05) is 23.0 Å². The molecule has 0 bridgehead atoms. The van der Waals surface area contributed by atoms with Crippen LogP contribution in [0.15, 0.2) is 57.9 Å². The van der Waals surface area contributed by atoms with E-state index in [-0.39, 0.29) is 17.7 Å². The Balaban J connectivity index is 1.31. The molecule has 1 fully saturated rings. The molecule has 31 heavy (non-hydrogen) atoms. The van der Waals surface area contributed by atoms with Crippen LogP contribution < -0.4 is 21.7 Å². The molecule has 4 N–H and O–H groups in total. The minimum atomic E-state index is -0.640. The van der Waals surface area contributed by atoms with Gasteiger partial charge in [0.2, 0.25) is 5.95 Å². The Kier molecular flexibility index (Phi) is 4.58. The number of halogens is 1. The number of amides is 1. The van der Waals surface area contributed by atoms with Gasteiger partial charge in [0.1, 0.15) is 0 Å². The van der Waals surface area contributed by atoms with Crippen molar-refractivity contribution in [3.63, 3.8) is 0 Å². The molecular weight excluding hydrogens is 403 g/mol. The third-order valence-electron chi connectivity index (χ3n) is 4.74. The van der Waals surface area contributed by atoms with Crippen LogP contribution in [0.2, 0.25) is 0 Å². The summed E-state index contributed by atoms with van der Waals surface area (Å²) in [4.78, 5) is 34.0. The monoisotopic (exact) mass is 420 g/mol. The van der Waals surface area contributed by atoms with Gasteiger partial charge in [0.05, 0.1) is 11.7 Å². The maximum absolute atomic E-state index is 14.2. The van der Waals surface area contributed by atoms with Crippen molar-refractivity contribution in [3.05, 3.63) is 70.6 Å². The van der Waals surface area contributed by atoms with Gasteiger partial charge in [0.15, 0.2) is 17.2 Å². The average Bonchev–Trinajstić information content (AvgIpc) is 3.49. The van der Waals surface area contributed by atoms with Crippen LogP contribution in [0, 0.1) is 5.82 Å². The molecular formula is C21H17FN6O3. The summed E-state index contributed by atoms with van der Waals surface area (Å²) in [5.41, 5.74) is 2.61. The number of nitrogens with one attached hydrogen (secondary N) is 4. The van der Waals surface area contributed by atoms with Gasteiger partial charge in [-0.05, 0) is 55.3 Å². The zero-order valence-corrected chi connectivity index (χ0v) is 16.1. The highest BCUT2D eigenvalue weighted by atomic mass is 19.1. The predicted octanol–water partition coefficient (Wildman–Crippen LogP) is 3.43. The smallest absolute Gasteiger partial charge is 0.408 e. The van der Waals surface area contributed by atoms with E-state index < -0.39 is 11.6 Å². The van der Waals surface area contributed by atoms with E-state index >= 15 is 0 Å². The second-order valence-corrected chi connectivity index (χ2v) is 7.19.